The maximum Gasteiger partial charge on any atom is 0.230 e. The van der Waals surface area contributed by atoms with Crippen molar-refractivity contribution in [1.29, 1.82) is 0 Å². The monoisotopic (exact) mass is 271 g/mol. The number of nitrogens with zero attached hydrogens (tertiary/aromatic N) is 2. The molecule has 1 aromatic carbocycles. The lowest BCUT2D eigenvalue weighted by atomic mass is 10.1. The highest BCUT2D eigenvalue weighted by atomic mass is 16.5. The molecular formula is C15H17N3O2. The summed E-state index contributed by atoms with van der Waals surface area (Å²) in [6, 6.07) is 7.66. The summed E-state index contributed by atoms with van der Waals surface area (Å²) >= 11 is 0. The van der Waals surface area contributed by atoms with Crippen LogP contribution in [0.5, 0.6) is 11.6 Å². The molecule has 2 rings (SSSR count). The number of aryl methyl sites for hydroxylation is 3. The van der Waals surface area contributed by atoms with Gasteiger partial charge < -0.3 is 15.7 Å². The minimum Gasteiger partial charge on any atom is -0.438 e. The largest absolute Gasteiger partial charge is 0.438 e. The second kappa shape index (κ2) is 5.61. The Morgan fingerprint density at radius 1 is 1.20 bits per heavy atom. The maximum atomic E-state index is 8.87. The molecule has 5 heteroatoms. The number of hydrogen-bond acceptors (Lipinski definition) is 4. The predicted molar refractivity (Wildman–Crippen MR) is 77.5 cm³/mol. The molecule has 0 amide bonds. The van der Waals surface area contributed by atoms with Crippen molar-refractivity contribution in [3.8, 4) is 11.6 Å². The molecule has 0 radical (unpaired) electrons. The summed E-state index contributed by atoms with van der Waals surface area (Å²) in [6.07, 6.45) is 1.63. The SMILES string of the molecule is Cc1cc(C)cc(Oc2nccc(C)c2/C(N)=N/O)c1. The highest BCUT2D eigenvalue weighted by Gasteiger charge is 2.14. The fourth-order valence-corrected chi connectivity index (χ4v) is 2.08. The zero-order valence-electron chi connectivity index (χ0n) is 11.7. The second-order valence-corrected chi connectivity index (χ2v) is 4.72. The van der Waals surface area contributed by atoms with Gasteiger partial charge in [-0.3, -0.25) is 0 Å². The van der Waals surface area contributed by atoms with Crippen molar-refractivity contribution in [2.24, 2.45) is 10.9 Å². The van der Waals surface area contributed by atoms with E-state index in [-0.39, 0.29) is 5.84 Å². The number of pyridine rings is 1. The Labute approximate surface area is 117 Å². The summed E-state index contributed by atoms with van der Waals surface area (Å²) in [5.74, 6) is 0.980. The molecule has 5 nitrogen and oxygen atoms in total. The number of rotatable bonds is 3. The lowest BCUT2D eigenvalue weighted by molar-refractivity contribution is 0.318. The molecular weight excluding hydrogens is 254 g/mol. The highest BCUT2D eigenvalue weighted by Crippen LogP contribution is 2.26. The Kier molecular flexibility index (Phi) is 3.89. The third kappa shape index (κ3) is 2.88. The third-order valence-electron chi connectivity index (χ3n) is 2.90. The average Bonchev–Trinajstić information content (AvgIpc) is 2.37. The first kappa shape index (κ1) is 13.9. The summed E-state index contributed by atoms with van der Waals surface area (Å²) < 4.78 is 5.79. The van der Waals surface area contributed by atoms with Gasteiger partial charge in [0.15, 0.2) is 5.84 Å². The van der Waals surface area contributed by atoms with Crippen LogP contribution in [0.15, 0.2) is 35.6 Å². The van der Waals surface area contributed by atoms with Crippen LogP contribution in [-0.2, 0) is 0 Å². The van der Waals surface area contributed by atoms with Crippen LogP contribution in [0.25, 0.3) is 0 Å². The van der Waals surface area contributed by atoms with E-state index in [0.29, 0.717) is 17.2 Å². The van der Waals surface area contributed by atoms with Crippen molar-refractivity contribution in [3.05, 3.63) is 52.7 Å². The van der Waals surface area contributed by atoms with Crippen molar-refractivity contribution in [2.75, 3.05) is 0 Å². The Hall–Kier alpha value is -2.56. The number of aromatic nitrogens is 1. The van der Waals surface area contributed by atoms with Crippen LogP contribution in [0.1, 0.15) is 22.3 Å². The molecule has 0 aliphatic rings. The van der Waals surface area contributed by atoms with E-state index in [9.17, 15) is 0 Å². The number of nitrogens with two attached hydrogens (primary N) is 1. The number of amidine groups is 1. The Morgan fingerprint density at radius 3 is 2.45 bits per heavy atom. The maximum absolute atomic E-state index is 8.87. The number of ether oxygens (including phenoxy) is 1. The summed E-state index contributed by atoms with van der Waals surface area (Å²) in [6.45, 7) is 5.84. The summed E-state index contributed by atoms with van der Waals surface area (Å²) in [5, 5.41) is 11.9. The van der Waals surface area contributed by atoms with Gasteiger partial charge in [0.1, 0.15) is 5.75 Å². The van der Waals surface area contributed by atoms with E-state index in [0.717, 1.165) is 16.7 Å². The van der Waals surface area contributed by atoms with Crippen molar-refractivity contribution in [2.45, 2.75) is 20.8 Å². The quantitative estimate of drug-likeness (QED) is 0.389. The predicted octanol–water partition coefficient (Wildman–Crippen LogP) is 2.89. The number of hydrogen-bond donors (Lipinski definition) is 2. The molecule has 2 aromatic rings. The molecule has 0 saturated heterocycles. The fourth-order valence-electron chi connectivity index (χ4n) is 2.08. The first-order chi connectivity index (χ1) is 9.51. The van der Waals surface area contributed by atoms with Gasteiger partial charge in [-0.2, -0.15) is 0 Å². The van der Waals surface area contributed by atoms with Crippen LogP contribution in [0.2, 0.25) is 0 Å². The molecule has 0 fully saturated rings. The molecule has 1 heterocycles. The molecule has 104 valence electrons. The number of oxime groups is 1. The van der Waals surface area contributed by atoms with Gasteiger partial charge in [-0.25, -0.2) is 4.98 Å². The van der Waals surface area contributed by atoms with Gasteiger partial charge in [0, 0.05) is 6.20 Å². The normalized spacial score (nSPS) is 11.4. The molecule has 0 unspecified atom stereocenters. The van der Waals surface area contributed by atoms with Crippen LogP contribution in [0.3, 0.4) is 0 Å². The molecule has 0 aliphatic carbocycles. The lowest BCUT2D eigenvalue weighted by Gasteiger charge is -2.12. The van der Waals surface area contributed by atoms with Crippen LogP contribution in [0.4, 0.5) is 0 Å². The topological polar surface area (TPSA) is 80.7 Å². The van der Waals surface area contributed by atoms with Gasteiger partial charge in [-0.1, -0.05) is 11.2 Å². The summed E-state index contributed by atoms with van der Waals surface area (Å²) in [5.41, 5.74) is 9.20. The van der Waals surface area contributed by atoms with E-state index in [4.69, 9.17) is 15.7 Å². The van der Waals surface area contributed by atoms with Crippen LogP contribution in [0, 0.1) is 20.8 Å². The molecule has 0 atom stereocenters. The molecule has 0 aliphatic heterocycles. The van der Waals surface area contributed by atoms with E-state index in [1.165, 1.54) is 0 Å². The van der Waals surface area contributed by atoms with E-state index in [2.05, 4.69) is 16.2 Å². The van der Waals surface area contributed by atoms with E-state index < -0.39 is 0 Å². The minimum absolute atomic E-state index is 0.0185. The lowest BCUT2D eigenvalue weighted by Crippen LogP contribution is -2.16. The Balaban J connectivity index is 2.46. The van der Waals surface area contributed by atoms with E-state index in [1.807, 2.05) is 32.9 Å². The first-order valence-corrected chi connectivity index (χ1v) is 6.21. The zero-order valence-corrected chi connectivity index (χ0v) is 11.7. The van der Waals surface area contributed by atoms with Gasteiger partial charge in [-0.15, -0.1) is 0 Å². The minimum atomic E-state index is -0.0185. The van der Waals surface area contributed by atoms with Crippen molar-refractivity contribution < 1.29 is 9.94 Å². The van der Waals surface area contributed by atoms with Crippen LogP contribution >= 0.6 is 0 Å². The van der Waals surface area contributed by atoms with Gasteiger partial charge in [0.05, 0.1) is 5.56 Å². The Morgan fingerprint density at radius 2 is 1.85 bits per heavy atom. The smallest absolute Gasteiger partial charge is 0.230 e. The fraction of sp³-hybridized carbons (Fsp3) is 0.200. The van der Waals surface area contributed by atoms with Crippen molar-refractivity contribution >= 4 is 5.84 Å². The van der Waals surface area contributed by atoms with Gasteiger partial charge in [0.2, 0.25) is 5.88 Å². The number of benzene rings is 1. The van der Waals surface area contributed by atoms with Gasteiger partial charge >= 0.3 is 0 Å². The van der Waals surface area contributed by atoms with Crippen LogP contribution in [-0.4, -0.2) is 16.0 Å². The molecule has 0 saturated carbocycles. The first-order valence-electron chi connectivity index (χ1n) is 6.21. The molecule has 0 spiro atoms. The Bertz CT molecular complexity index is 646. The molecule has 20 heavy (non-hydrogen) atoms. The van der Waals surface area contributed by atoms with Crippen LogP contribution < -0.4 is 10.5 Å². The second-order valence-electron chi connectivity index (χ2n) is 4.72. The van der Waals surface area contributed by atoms with Gasteiger partial charge in [0.25, 0.3) is 0 Å². The van der Waals surface area contributed by atoms with Crippen molar-refractivity contribution in [1.82, 2.24) is 4.98 Å². The third-order valence-corrected chi connectivity index (χ3v) is 2.90. The zero-order chi connectivity index (χ0) is 14.7. The van der Waals surface area contributed by atoms with E-state index >= 15 is 0 Å². The van der Waals surface area contributed by atoms with Gasteiger partial charge in [-0.05, 0) is 55.7 Å². The standard InChI is InChI=1S/C15H17N3O2/c1-9-6-10(2)8-12(7-9)20-15-13(14(16)18-19)11(3)4-5-17-15/h4-8,19H,1-3H3,(H2,16,18). The van der Waals surface area contributed by atoms with E-state index in [1.54, 1.807) is 12.3 Å². The average molecular weight is 271 g/mol. The summed E-state index contributed by atoms with van der Waals surface area (Å²) in [4.78, 5) is 4.17. The molecule has 0 bridgehead atoms. The molecule has 3 N–H and O–H groups in total. The summed E-state index contributed by atoms with van der Waals surface area (Å²) in [7, 11) is 0. The van der Waals surface area contributed by atoms with Crippen molar-refractivity contribution in [3.63, 3.8) is 0 Å². The molecule has 1 aromatic heterocycles. The highest BCUT2D eigenvalue weighted by molar-refractivity contribution is 6.00.